The van der Waals surface area contributed by atoms with Crippen LogP contribution in [0.25, 0.3) is 6.08 Å². The lowest BCUT2D eigenvalue weighted by Gasteiger charge is -2.09. The van der Waals surface area contributed by atoms with Crippen LogP contribution in [0.5, 0.6) is 0 Å². The van der Waals surface area contributed by atoms with E-state index in [0.29, 0.717) is 11.4 Å². The van der Waals surface area contributed by atoms with Gasteiger partial charge in [-0.15, -0.1) is 0 Å². The van der Waals surface area contributed by atoms with Crippen LogP contribution in [-0.4, -0.2) is 32.3 Å². The van der Waals surface area contributed by atoms with E-state index in [1.165, 1.54) is 25.3 Å². The number of nitrogens with one attached hydrogen (secondary N) is 2. The zero-order chi connectivity index (χ0) is 22.1. The molecule has 0 aliphatic heterocycles. The highest BCUT2D eigenvalue weighted by Crippen LogP contribution is 2.35. The highest BCUT2D eigenvalue weighted by atomic mass is 35.5. The molecule has 2 rings (SSSR count). The Morgan fingerprint density at radius 2 is 1.77 bits per heavy atom. The Labute approximate surface area is 175 Å². The third-order valence-electron chi connectivity index (χ3n) is 3.62. The van der Waals surface area contributed by atoms with Crippen molar-refractivity contribution in [2.24, 2.45) is 0 Å². The van der Waals surface area contributed by atoms with Crippen LogP contribution < -0.4 is 10.6 Å². The van der Waals surface area contributed by atoms with Crippen LogP contribution in [0.15, 0.2) is 48.5 Å². The maximum Gasteiger partial charge on any atom is 0.417 e. The molecule has 0 atom stereocenters. The maximum atomic E-state index is 12.9. The van der Waals surface area contributed by atoms with Gasteiger partial charge < -0.3 is 14.8 Å². The Morgan fingerprint density at radius 3 is 2.43 bits per heavy atom. The number of carbonyl (C=O) groups excluding carboxylic acids is 2. The lowest BCUT2D eigenvalue weighted by molar-refractivity contribution is -0.137. The Kier molecular flexibility index (Phi) is 8.25. The van der Waals surface area contributed by atoms with Gasteiger partial charge in [-0.1, -0.05) is 23.7 Å². The number of anilines is 2. The molecule has 0 fully saturated rings. The second-order valence-corrected chi connectivity index (χ2v) is 6.30. The van der Waals surface area contributed by atoms with Gasteiger partial charge in [0.05, 0.1) is 17.2 Å². The molecule has 2 amide bonds. The normalized spacial score (nSPS) is 11.4. The number of benzene rings is 2. The smallest absolute Gasteiger partial charge is 0.417 e. The van der Waals surface area contributed by atoms with Crippen LogP contribution in [0.2, 0.25) is 5.02 Å². The van der Waals surface area contributed by atoms with E-state index in [1.807, 2.05) is 0 Å². The summed E-state index contributed by atoms with van der Waals surface area (Å²) in [6.07, 6.45) is -2.96. The van der Waals surface area contributed by atoms with Crippen molar-refractivity contribution >= 4 is 41.1 Å². The van der Waals surface area contributed by atoms with E-state index in [-0.39, 0.29) is 18.8 Å². The molecule has 30 heavy (non-hydrogen) atoms. The third kappa shape index (κ3) is 7.41. The van der Waals surface area contributed by atoms with Crippen molar-refractivity contribution in [3.8, 4) is 0 Å². The summed E-state index contributed by atoms with van der Waals surface area (Å²) < 4.78 is 48.3. The van der Waals surface area contributed by atoms with Crippen LogP contribution in [0, 0.1) is 0 Å². The summed E-state index contributed by atoms with van der Waals surface area (Å²) >= 11 is 5.57. The minimum Gasteiger partial charge on any atom is -0.447 e. The van der Waals surface area contributed by atoms with Crippen molar-refractivity contribution in [3.63, 3.8) is 0 Å². The lowest BCUT2D eigenvalue weighted by atomic mass is 10.1. The maximum absolute atomic E-state index is 12.9. The number of methoxy groups -OCH3 is 1. The van der Waals surface area contributed by atoms with E-state index in [1.54, 1.807) is 18.2 Å². The first-order chi connectivity index (χ1) is 14.2. The second kappa shape index (κ2) is 10.7. The average Bonchev–Trinajstić information content (AvgIpc) is 2.67. The zero-order valence-corrected chi connectivity index (χ0v) is 16.5. The molecule has 0 radical (unpaired) electrons. The van der Waals surface area contributed by atoms with Gasteiger partial charge in [-0.25, -0.2) is 4.79 Å². The van der Waals surface area contributed by atoms with Crippen LogP contribution >= 0.6 is 11.6 Å². The van der Waals surface area contributed by atoms with Crippen molar-refractivity contribution in [1.82, 2.24) is 0 Å². The van der Waals surface area contributed by atoms with Gasteiger partial charge in [-0.05, 0) is 42.0 Å². The Balaban J connectivity index is 1.99. The number of alkyl halides is 3. The number of rotatable bonds is 7. The summed E-state index contributed by atoms with van der Waals surface area (Å²) in [4.78, 5) is 23.7. The van der Waals surface area contributed by atoms with Crippen LogP contribution in [0.3, 0.4) is 0 Å². The molecule has 0 aromatic heterocycles. The van der Waals surface area contributed by atoms with Crippen molar-refractivity contribution in [1.29, 1.82) is 0 Å². The Bertz CT molecular complexity index is 933. The second-order valence-electron chi connectivity index (χ2n) is 5.89. The Hall–Kier alpha value is -3.04. The summed E-state index contributed by atoms with van der Waals surface area (Å²) in [5.74, 6) is -0.571. The van der Waals surface area contributed by atoms with Crippen molar-refractivity contribution in [2.45, 2.75) is 6.18 Å². The molecule has 160 valence electrons. The summed E-state index contributed by atoms with van der Waals surface area (Å²) in [6, 6.07) is 9.59. The van der Waals surface area contributed by atoms with Gasteiger partial charge in [0, 0.05) is 24.6 Å². The first-order valence-corrected chi connectivity index (χ1v) is 8.95. The first kappa shape index (κ1) is 23.2. The zero-order valence-electron chi connectivity index (χ0n) is 15.8. The average molecular weight is 443 g/mol. The van der Waals surface area contributed by atoms with Crippen molar-refractivity contribution < 1.29 is 32.2 Å². The number of halogens is 4. The molecule has 2 N–H and O–H groups in total. The molecule has 0 saturated heterocycles. The first-order valence-electron chi connectivity index (χ1n) is 8.57. The molecule has 2 aromatic rings. The topological polar surface area (TPSA) is 76.7 Å². The standard InChI is InChI=1S/C20H18ClF3N2O4/c1-29-9-10-30-19(28)26-15-4-2-3-14(12-15)25-18(27)8-6-13-5-7-17(21)16(11-13)20(22,23)24/h2-8,11-12H,9-10H2,1H3,(H,25,27)(H,26,28)/b8-6+. The van der Waals surface area contributed by atoms with E-state index in [9.17, 15) is 22.8 Å². The monoisotopic (exact) mass is 442 g/mol. The molecule has 10 heteroatoms. The molecule has 0 unspecified atom stereocenters. The molecule has 0 spiro atoms. The van der Waals surface area contributed by atoms with E-state index in [0.717, 1.165) is 18.2 Å². The highest BCUT2D eigenvalue weighted by Gasteiger charge is 2.33. The third-order valence-corrected chi connectivity index (χ3v) is 3.95. The van der Waals surface area contributed by atoms with Crippen molar-refractivity contribution in [2.75, 3.05) is 31.0 Å². The highest BCUT2D eigenvalue weighted by molar-refractivity contribution is 6.31. The molecule has 0 saturated carbocycles. The number of ether oxygens (including phenoxy) is 2. The quantitative estimate of drug-likeness (QED) is 0.456. The summed E-state index contributed by atoms with van der Waals surface area (Å²) in [7, 11) is 1.48. The minimum atomic E-state index is -4.60. The fraction of sp³-hybridized carbons (Fsp3) is 0.200. The molecular weight excluding hydrogens is 425 g/mol. The molecule has 2 aromatic carbocycles. The number of amides is 2. The van der Waals surface area contributed by atoms with E-state index in [4.69, 9.17) is 21.1 Å². The predicted octanol–water partition coefficient (Wildman–Crippen LogP) is 5.21. The lowest BCUT2D eigenvalue weighted by Crippen LogP contribution is -2.16. The van der Waals surface area contributed by atoms with E-state index < -0.39 is 28.8 Å². The fourth-order valence-electron chi connectivity index (χ4n) is 2.27. The fourth-order valence-corrected chi connectivity index (χ4v) is 2.49. The van der Waals surface area contributed by atoms with Gasteiger partial charge in [-0.2, -0.15) is 13.2 Å². The van der Waals surface area contributed by atoms with Gasteiger partial charge in [0.25, 0.3) is 0 Å². The van der Waals surface area contributed by atoms with E-state index >= 15 is 0 Å². The van der Waals surface area contributed by atoms with Crippen LogP contribution in [0.1, 0.15) is 11.1 Å². The van der Waals surface area contributed by atoms with Gasteiger partial charge in [0.15, 0.2) is 0 Å². The number of hydrogen-bond acceptors (Lipinski definition) is 4. The van der Waals surface area contributed by atoms with Crippen LogP contribution in [-0.2, 0) is 20.4 Å². The summed E-state index contributed by atoms with van der Waals surface area (Å²) in [6.45, 7) is 0.345. The number of carbonyl (C=O) groups is 2. The van der Waals surface area contributed by atoms with Crippen molar-refractivity contribution in [3.05, 3.63) is 64.7 Å². The molecule has 0 heterocycles. The molecule has 6 nitrogen and oxygen atoms in total. The van der Waals surface area contributed by atoms with Crippen LogP contribution in [0.4, 0.5) is 29.3 Å². The molecule has 0 bridgehead atoms. The largest absolute Gasteiger partial charge is 0.447 e. The van der Waals surface area contributed by atoms with Gasteiger partial charge in [0.1, 0.15) is 6.61 Å². The predicted molar refractivity (Wildman–Crippen MR) is 107 cm³/mol. The summed E-state index contributed by atoms with van der Waals surface area (Å²) in [5, 5.41) is 4.62. The number of hydrogen-bond donors (Lipinski definition) is 2. The Morgan fingerprint density at radius 1 is 1.07 bits per heavy atom. The molecular formula is C20H18ClF3N2O4. The SMILES string of the molecule is COCCOC(=O)Nc1cccc(NC(=O)/C=C/c2ccc(Cl)c(C(F)(F)F)c2)c1. The minimum absolute atomic E-state index is 0.0876. The van der Waals surface area contributed by atoms with Gasteiger partial charge in [-0.3, -0.25) is 10.1 Å². The van der Waals surface area contributed by atoms with Gasteiger partial charge >= 0.3 is 12.3 Å². The summed E-state index contributed by atoms with van der Waals surface area (Å²) in [5.41, 5.74) is -0.0721. The molecule has 0 aliphatic carbocycles. The van der Waals surface area contributed by atoms with E-state index in [2.05, 4.69) is 10.6 Å². The van der Waals surface area contributed by atoms with Gasteiger partial charge in [0.2, 0.25) is 5.91 Å². The molecule has 0 aliphatic rings.